The maximum atomic E-state index is 11.8. The van der Waals surface area contributed by atoms with Crippen LogP contribution in [0.5, 0.6) is 0 Å². The zero-order chi connectivity index (χ0) is 24.8. The van der Waals surface area contributed by atoms with E-state index in [9.17, 15) is 9.59 Å². The first-order valence-corrected chi connectivity index (χ1v) is 11.9. The number of hydrogen-bond acceptors (Lipinski definition) is 5. The first-order valence-electron chi connectivity index (χ1n) is 11.9. The van der Waals surface area contributed by atoms with Crippen LogP contribution in [-0.4, -0.2) is 45.1 Å². The number of piperidine rings is 1. The lowest BCUT2D eigenvalue weighted by molar-refractivity contribution is -0.118. The maximum absolute atomic E-state index is 11.8. The number of nitrogens with one attached hydrogen (secondary N) is 1. The van der Waals surface area contributed by atoms with Gasteiger partial charge in [-0.3, -0.25) is 4.79 Å². The van der Waals surface area contributed by atoms with Gasteiger partial charge in [0.25, 0.3) is 0 Å². The van der Waals surface area contributed by atoms with E-state index < -0.39 is 6.09 Å². The number of rotatable bonds is 8. The van der Waals surface area contributed by atoms with Crippen molar-refractivity contribution in [3.05, 3.63) is 83.2 Å². The normalized spacial score (nSPS) is 14.9. The molecule has 8 heteroatoms. The number of hydrogen-bond donors (Lipinski definition) is 3. The van der Waals surface area contributed by atoms with E-state index in [0.717, 1.165) is 35.3 Å². The van der Waals surface area contributed by atoms with Gasteiger partial charge in [0.15, 0.2) is 0 Å². The van der Waals surface area contributed by atoms with Gasteiger partial charge in [0.05, 0.1) is 5.69 Å². The van der Waals surface area contributed by atoms with E-state index in [0.29, 0.717) is 31.4 Å². The molecule has 2 amide bonds. The second-order valence-corrected chi connectivity index (χ2v) is 9.11. The van der Waals surface area contributed by atoms with Gasteiger partial charge < -0.3 is 21.1 Å². The average molecular weight is 474 g/mol. The fraction of sp³-hybridized carbons (Fsp3) is 0.333. The Hall–Kier alpha value is -3.94. The van der Waals surface area contributed by atoms with Crippen molar-refractivity contribution in [3.63, 3.8) is 0 Å². The quantitative estimate of drug-likeness (QED) is 0.440. The highest BCUT2D eigenvalue weighted by molar-refractivity contribution is 5.75. The molecular weight excluding hydrogens is 442 g/mol. The largest absolute Gasteiger partial charge is 0.465 e. The van der Waals surface area contributed by atoms with Crippen molar-refractivity contribution in [2.24, 2.45) is 5.73 Å². The number of amides is 2. The highest BCUT2D eigenvalue weighted by Crippen LogP contribution is 2.30. The second-order valence-electron chi connectivity index (χ2n) is 9.11. The predicted octanol–water partition coefficient (Wildman–Crippen LogP) is 4.59. The molecule has 2 heterocycles. The SMILES string of the molecule is Cc1cnc(Nc2ccc(C3CCN(C(=O)O)CC3)cc2)nc1C(CC(N)=O)Cc1ccccc1. The molecule has 4 N–H and O–H groups in total. The van der Waals surface area contributed by atoms with E-state index in [-0.39, 0.29) is 18.2 Å². The molecule has 3 aromatic rings. The molecule has 0 spiro atoms. The second kappa shape index (κ2) is 11.0. The molecule has 4 rings (SSSR count). The number of likely N-dealkylation sites (tertiary alicyclic amines) is 1. The highest BCUT2D eigenvalue weighted by Gasteiger charge is 2.23. The molecule has 35 heavy (non-hydrogen) atoms. The number of aromatic nitrogens is 2. The zero-order valence-electron chi connectivity index (χ0n) is 19.9. The van der Waals surface area contributed by atoms with Crippen molar-refractivity contribution in [1.82, 2.24) is 14.9 Å². The van der Waals surface area contributed by atoms with Gasteiger partial charge in [-0.1, -0.05) is 42.5 Å². The molecule has 182 valence electrons. The lowest BCUT2D eigenvalue weighted by atomic mass is 9.89. The van der Waals surface area contributed by atoms with E-state index in [1.807, 2.05) is 49.4 Å². The Morgan fingerprint density at radius 3 is 2.43 bits per heavy atom. The number of anilines is 2. The van der Waals surface area contributed by atoms with Crippen LogP contribution in [-0.2, 0) is 11.2 Å². The number of aryl methyl sites for hydroxylation is 1. The third-order valence-electron chi connectivity index (χ3n) is 6.57. The van der Waals surface area contributed by atoms with E-state index in [4.69, 9.17) is 15.8 Å². The van der Waals surface area contributed by atoms with Crippen LogP contribution >= 0.6 is 0 Å². The van der Waals surface area contributed by atoms with Gasteiger partial charge in [0.2, 0.25) is 11.9 Å². The predicted molar refractivity (Wildman–Crippen MR) is 135 cm³/mol. The fourth-order valence-electron chi connectivity index (χ4n) is 4.71. The van der Waals surface area contributed by atoms with Crippen LogP contribution in [0.3, 0.4) is 0 Å². The molecule has 8 nitrogen and oxygen atoms in total. The number of nitrogens with two attached hydrogens (primary N) is 1. The molecule has 0 bridgehead atoms. The number of carboxylic acid groups (broad SMARTS) is 1. The van der Waals surface area contributed by atoms with Crippen LogP contribution < -0.4 is 11.1 Å². The Kier molecular flexibility index (Phi) is 7.60. The maximum Gasteiger partial charge on any atom is 0.407 e. The Balaban J connectivity index is 1.47. The molecule has 2 aromatic carbocycles. The molecule has 1 aliphatic rings. The summed E-state index contributed by atoms with van der Waals surface area (Å²) in [5.74, 6) is 0.325. The van der Waals surface area contributed by atoms with Gasteiger partial charge in [-0.05, 0) is 60.9 Å². The Morgan fingerprint density at radius 1 is 1.11 bits per heavy atom. The van der Waals surface area contributed by atoms with Crippen molar-refractivity contribution >= 4 is 23.6 Å². The van der Waals surface area contributed by atoms with Crippen molar-refractivity contribution in [2.75, 3.05) is 18.4 Å². The summed E-state index contributed by atoms with van der Waals surface area (Å²) < 4.78 is 0. The number of carbonyl (C=O) groups excluding carboxylic acids is 1. The summed E-state index contributed by atoms with van der Waals surface area (Å²) in [6.07, 6.45) is 3.45. The van der Waals surface area contributed by atoms with Crippen molar-refractivity contribution < 1.29 is 14.7 Å². The van der Waals surface area contributed by atoms with Crippen LogP contribution in [0.25, 0.3) is 0 Å². The van der Waals surface area contributed by atoms with Crippen molar-refractivity contribution in [1.29, 1.82) is 0 Å². The van der Waals surface area contributed by atoms with E-state index in [2.05, 4.69) is 22.4 Å². The van der Waals surface area contributed by atoms with Crippen LogP contribution in [0.2, 0.25) is 0 Å². The molecular formula is C27H31N5O3. The first-order chi connectivity index (χ1) is 16.9. The average Bonchev–Trinajstić information content (AvgIpc) is 2.86. The van der Waals surface area contributed by atoms with E-state index in [1.54, 1.807) is 6.20 Å². The molecule has 0 radical (unpaired) electrons. The van der Waals surface area contributed by atoms with Crippen molar-refractivity contribution in [3.8, 4) is 0 Å². The Labute approximate surface area is 205 Å². The van der Waals surface area contributed by atoms with Gasteiger partial charge >= 0.3 is 6.09 Å². The number of primary amides is 1. The minimum absolute atomic E-state index is 0.141. The summed E-state index contributed by atoms with van der Waals surface area (Å²) in [5.41, 5.74) is 10.5. The van der Waals surface area contributed by atoms with Gasteiger partial charge in [-0.2, -0.15) is 0 Å². The van der Waals surface area contributed by atoms with E-state index in [1.165, 1.54) is 10.5 Å². The zero-order valence-corrected chi connectivity index (χ0v) is 19.9. The minimum Gasteiger partial charge on any atom is -0.465 e. The number of nitrogens with zero attached hydrogens (tertiary/aromatic N) is 3. The summed E-state index contributed by atoms with van der Waals surface area (Å²) in [4.78, 5) is 33.6. The lowest BCUT2D eigenvalue weighted by Gasteiger charge is -2.30. The van der Waals surface area contributed by atoms with E-state index >= 15 is 0 Å². The lowest BCUT2D eigenvalue weighted by Crippen LogP contribution is -2.36. The first kappa shape index (κ1) is 24.2. The monoisotopic (exact) mass is 473 g/mol. The number of benzene rings is 2. The van der Waals surface area contributed by atoms with Gasteiger partial charge in [0, 0.05) is 37.3 Å². The topological polar surface area (TPSA) is 121 Å². The molecule has 0 aliphatic carbocycles. The summed E-state index contributed by atoms with van der Waals surface area (Å²) in [6.45, 7) is 3.08. The van der Waals surface area contributed by atoms with Gasteiger partial charge in [-0.15, -0.1) is 0 Å². The van der Waals surface area contributed by atoms with Crippen LogP contribution in [0.1, 0.15) is 53.5 Å². The standard InChI is InChI=1S/C27H31N5O3/c1-18-17-29-26(31-25(18)22(16-24(28)33)15-19-5-3-2-4-6-19)30-23-9-7-20(8-10-23)21-11-13-32(14-12-21)27(34)35/h2-10,17,21-22H,11-16H2,1H3,(H2,28,33)(H,34,35)(H,29,30,31). The Morgan fingerprint density at radius 2 is 1.80 bits per heavy atom. The number of carbonyl (C=O) groups is 2. The summed E-state index contributed by atoms with van der Waals surface area (Å²) >= 11 is 0. The molecule has 1 unspecified atom stereocenters. The van der Waals surface area contributed by atoms with Crippen LogP contribution in [0.4, 0.5) is 16.4 Å². The van der Waals surface area contributed by atoms with Gasteiger partial charge in [0.1, 0.15) is 0 Å². The molecule has 1 atom stereocenters. The summed E-state index contributed by atoms with van der Waals surface area (Å²) in [6, 6.07) is 18.1. The third-order valence-corrected chi connectivity index (χ3v) is 6.57. The van der Waals surface area contributed by atoms with Crippen LogP contribution in [0.15, 0.2) is 60.8 Å². The highest BCUT2D eigenvalue weighted by atomic mass is 16.4. The van der Waals surface area contributed by atoms with Gasteiger partial charge in [-0.25, -0.2) is 14.8 Å². The molecule has 1 aromatic heterocycles. The molecule has 1 aliphatic heterocycles. The Bertz CT molecular complexity index is 1160. The van der Waals surface area contributed by atoms with Crippen LogP contribution in [0, 0.1) is 6.92 Å². The molecule has 1 saturated heterocycles. The minimum atomic E-state index is -0.845. The third kappa shape index (κ3) is 6.35. The summed E-state index contributed by atoms with van der Waals surface area (Å²) in [5, 5.41) is 12.4. The molecule has 0 saturated carbocycles. The molecule has 1 fully saturated rings. The fourth-order valence-corrected chi connectivity index (χ4v) is 4.71. The summed E-state index contributed by atoms with van der Waals surface area (Å²) in [7, 11) is 0. The van der Waals surface area contributed by atoms with Crippen molar-refractivity contribution in [2.45, 2.75) is 44.4 Å². The smallest absolute Gasteiger partial charge is 0.407 e.